The minimum Gasteiger partial charge on any atom is -0.489 e. The summed E-state index contributed by atoms with van der Waals surface area (Å²) in [5.41, 5.74) is 5.06. The molecule has 3 N–H and O–H groups in total. The molecule has 3 heterocycles. The van der Waals surface area contributed by atoms with E-state index in [9.17, 15) is 9.90 Å². The summed E-state index contributed by atoms with van der Waals surface area (Å²) >= 11 is 0. The lowest BCUT2D eigenvalue weighted by atomic mass is 9.98. The fraction of sp³-hybridized carbons (Fsp3) is 0.207. The van der Waals surface area contributed by atoms with E-state index in [1.54, 1.807) is 30.7 Å². The van der Waals surface area contributed by atoms with E-state index in [1.165, 1.54) is 0 Å². The molecule has 5 rings (SSSR count). The van der Waals surface area contributed by atoms with Gasteiger partial charge in [0.05, 0.1) is 23.7 Å². The van der Waals surface area contributed by atoms with Crippen LogP contribution in [0.4, 0.5) is 5.69 Å². The number of amides is 1. The number of rotatable bonds is 8. The molecule has 0 saturated carbocycles. The Hall–Kier alpha value is -4.07. The van der Waals surface area contributed by atoms with Crippen molar-refractivity contribution in [1.29, 1.82) is 0 Å². The van der Waals surface area contributed by atoms with Crippen LogP contribution in [0.15, 0.2) is 91.4 Å². The van der Waals surface area contributed by atoms with Crippen LogP contribution in [0.1, 0.15) is 34.0 Å². The molecule has 4 aromatic rings. The first-order valence-corrected chi connectivity index (χ1v) is 12.1. The van der Waals surface area contributed by atoms with Gasteiger partial charge in [0.1, 0.15) is 11.9 Å². The predicted octanol–water partition coefficient (Wildman–Crippen LogP) is 4.41. The Bertz CT molecular complexity index is 1300. The van der Waals surface area contributed by atoms with Gasteiger partial charge in [-0.05, 0) is 66.9 Å². The van der Waals surface area contributed by atoms with E-state index in [2.05, 4.69) is 26.7 Å². The Morgan fingerprint density at radius 3 is 2.72 bits per heavy atom. The zero-order chi connectivity index (χ0) is 24.7. The number of aromatic nitrogens is 2. The number of pyridine rings is 2. The Kier molecular flexibility index (Phi) is 7.30. The lowest BCUT2D eigenvalue weighted by Gasteiger charge is -2.27. The highest BCUT2D eigenvalue weighted by atomic mass is 16.5. The van der Waals surface area contributed by atoms with Gasteiger partial charge in [0.15, 0.2) is 0 Å². The number of aryl methyl sites for hydroxylation is 1. The number of nitrogens with zero attached hydrogens (tertiary/aromatic N) is 2. The van der Waals surface area contributed by atoms with Crippen molar-refractivity contribution >= 4 is 11.6 Å². The lowest BCUT2D eigenvalue weighted by molar-refractivity contribution is 0.102. The topological polar surface area (TPSA) is 96.4 Å². The first-order chi connectivity index (χ1) is 17.7. The molecule has 0 bridgehead atoms. The van der Waals surface area contributed by atoms with E-state index in [1.807, 2.05) is 54.6 Å². The van der Waals surface area contributed by atoms with E-state index in [4.69, 9.17) is 4.74 Å². The number of carbonyl (C=O) groups is 1. The van der Waals surface area contributed by atoms with Gasteiger partial charge in [-0.1, -0.05) is 24.3 Å². The summed E-state index contributed by atoms with van der Waals surface area (Å²) in [6, 6.07) is 22.7. The molecule has 7 nitrogen and oxygen atoms in total. The second-order valence-electron chi connectivity index (χ2n) is 8.81. The van der Waals surface area contributed by atoms with Crippen molar-refractivity contribution in [3.8, 4) is 17.0 Å². The molecular formula is C29H28N4O3. The van der Waals surface area contributed by atoms with Gasteiger partial charge in [-0.3, -0.25) is 14.8 Å². The molecule has 36 heavy (non-hydrogen) atoms. The van der Waals surface area contributed by atoms with Crippen LogP contribution in [0.25, 0.3) is 11.3 Å². The summed E-state index contributed by atoms with van der Waals surface area (Å²) < 4.78 is 6.19. The Labute approximate surface area is 210 Å². The van der Waals surface area contributed by atoms with Gasteiger partial charge in [-0.25, -0.2) is 0 Å². The van der Waals surface area contributed by atoms with Crippen molar-refractivity contribution in [2.75, 3.05) is 18.4 Å². The van der Waals surface area contributed by atoms with Crippen LogP contribution in [0, 0.1) is 0 Å². The maximum absolute atomic E-state index is 12.3. The highest BCUT2D eigenvalue weighted by Gasteiger charge is 2.20. The van der Waals surface area contributed by atoms with Gasteiger partial charge in [0.25, 0.3) is 5.91 Å². The third kappa shape index (κ3) is 5.76. The van der Waals surface area contributed by atoms with E-state index in [0.717, 1.165) is 41.0 Å². The molecule has 0 fully saturated rings. The molecule has 1 aliphatic rings. The summed E-state index contributed by atoms with van der Waals surface area (Å²) in [6.45, 7) is 1.11. The normalized spacial score (nSPS) is 15.4. The van der Waals surface area contributed by atoms with Crippen LogP contribution >= 0.6 is 0 Å². The molecule has 2 aromatic carbocycles. The van der Waals surface area contributed by atoms with Crippen LogP contribution < -0.4 is 15.4 Å². The minimum atomic E-state index is -0.595. The third-order valence-electron chi connectivity index (χ3n) is 6.22. The molecule has 0 aliphatic carbocycles. The number of benzene rings is 2. The fourth-order valence-corrected chi connectivity index (χ4v) is 4.25. The van der Waals surface area contributed by atoms with Gasteiger partial charge >= 0.3 is 0 Å². The number of carbonyl (C=O) groups excluding carboxylic acids is 1. The molecule has 1 aliphatic heterocycles. The van der Waals surface area contributed by atoms with E-state index < -0.39 is 6.10 Å². The van der Waals surface area contributed by atoms with Crippen molar-refractivity contribution < 1.29 is 14.6 Å². The third-order valence-corrected chi connectivity index (χ3v) is 6.22. The number of ether oxygens (including phenoxy) is 1. The van der Waals surface area contributed by atoms with Crippen LogP contribution in [0.2, 0.25) is 0 Å². The smallest absolute Gasteiger partial charge is 0.255 e. The Balaban J connectivity index is 1.15. The second-order valence-corrected chi connectivity index (χ2v) is 8.81. The van der Waals surface area contributed by atoms with Crippen molar-refractivity contribution in [1.82, 2.24) is 15.3 Å². The highest BCUT2D eigenvalue weighted by molar-refractivity contribution is 6.04. The Morgan fingerprint density at radius 1 is 1.06 bits per heavy atom. The summed E-state index contributed by atoms with van der Waals surface area (Å²) in [6.07, 6.45) is 6.31. The predicted molar refractivity (Wildman–Crippen MR) is 139 cm³/mol. The molecule has 0 spiro atoms. The van der Waals surface area contributed by atoms with Gasteiger partial charge < -0.3 is 20.5 Å². The quantitative estimate of drug-likeness (QED) is 0.346. The maximum Gasteiger partial charge on any atom is 0.255 e. The van der Waals surface area contributed by atoms with Crippen LogP contribution in [-0.4, -0.2) is 40.2 Å². The fourth-order valence-electron chi connectivity index (χ4n) is 4.25. The summed E-state index contributed by atoms with van der Waals surface area (Å²) in [5.74, 6) is 0.725. The van der Waals surface area contributed by atoms with Crippen molar-refractivity contribution in [3.63, 3.8) is 0 Å². The number of hydrogen-bond donors (Lipinski definition) is 3. The first kappa shape index (κ1) is 23.7. The zero-order valence-electron chi connectivity index (χ0n) is 19.8. The van der Waals surface area contributed by atoms with Crippen LogP contribution in [0.3, 0.4) is 0 Å². The number of hydrogen-bond acceptors (Lipinski definition) is 6. The van der Waals surface area contributed by atoms with Gasteiger partial charge in [-0.15, -0.1) is 0 Å². The van der Waals surface area contributed by atoms with Crippen molar-refractivity contribution in [2.24, 2.45) is 0 Å². The summed E-state index contributed by atoms with van der Waals surface area (Å²) in [7, 11) is 0. The second kappa shape index (κ2) is 11.1. The number of fused-ring (bicyclic) bond motifs is 1. The van der Waals surface area contributed by atoms with Crippen LogP contribution in [-0.2, 0) is 6.42 Å². The van der Waals surface area contributed by atoms with Gasteiger partial charge in [0, 0.05) is 42.2 Å². The lowest BCUT2D eigenvalue weighted by Crippen LogP contribution is -2.36. The highest BCUT2D eigenvalue weighted by Crippen LogP contribution is 2.31. The van der Waals surface area contributed by atoms with Gasteiger partial charge in [0.2, 0.25) is 0 Å². The molecule has 1 amide bonds. The zero-order valence-corrected chi connectivity index (χ0v) is 19.8. The number of aliphatic hydroxyl groups is 1. The molecule has 0 radical (unpaired) electrons. The first-order valence-electron chi connectivity index (χ1n) is 12.1. The largest absolute Gasteiger partial charge is 0.489 e. The molecule has 2 aromatic heterocycles. The van der Waals surface area contributed by atoms with E-state index in [-0.39, 0.29) is 12.0 Å². The monoisotopic (exact) mass is 480 g/mol. The SMILES string of the molecule is O=C(Nc1ccc(-c2ccc3c(c2)CC[C@H](CNC[C@H](O)c2cccnc2)O3)nc1)c1ccccc1. The molecule has 0 unspecified atom stereocenters. The molecule has 182 valence electrons. The average molecular weight is 481 g/mol. The number of nitrogens with one attached hydrogen (secondary N) is 2. The Morgan fingerprint density at radius 2 is 1.94 bits per heavy atom. The minimum absolute atomic E-state index is 0.0510. The molecule has 2 atom stereocenters. The summed E-state index contributed by atoms with van der Waals surface area (Å²) in [5, 5.41) is 16.5. The maximum atomic E-state index is 12.3. The van der Waals surface area contributed by atoms with E-state index >= 15 is 0 Å². The van der Waals surface area contributed by atoms with E-state index in [0.29, 0.717) is 24.3 Å². The molecule has 0 saturated heterocycles. The molecular weight excluding hydrogens is 452 g/mol. The standard InChI is InChI=1S/C29H28N4O3/c34-27(23-7-4-14-30-16-23)19-31-18-25-11-8-22-15-21(9-13-28(22)36-25)26-12-10-24(17-32-26)33-29(35)20-5-2-1-3-6-20/h1-7,9-10,12-17,25,27,31,34H,8,11,18-19H2,(H,33,35)/t25-,27+/m1/s1. The van der Waals surface area contributed by atoms with Gasteiger partial charge in [-0.2, -0.15) is 0 Å². The number of aliphatic hydroxyl groups excluding tert-OH is 1. The molecule has 7 heteroatoms. The van der Waals surface area contributed by atoms with Crippen molar-refractivity contribution in [3.05, 3.63) is 108 Å². The van der Waals surface area contributed by atoms with Crippen LogP contribution in [0.5, 0.6) is 5.75 Å². The summed E-state index contributed by atoms with van der Waals surface area (Å²) in [4.78, 5) is 20.9. The average Bonchev–Trinajstić information content (AvgIpc) is 2.94. The number of anilines is 1. The van der Waals surface area contributed by atoms with Crippen molar-refractivity contribution in [2.45, 2.75) is 25.0 Å².